The summed E-state index contributed by atoms with van der Waals surface area (Å²) in [5.41, 5.74) is 3.29. The number of fused-ring (bicyclic) bond motifs is 2. The molecule has 2 N–H and O–H groups in total. The second kappa shape index (κ2) is 9.65. The summed E-state index contributed by atoms with van der Waals surface area (Å²) in [4.78, 5) is 30.2. The molecule has 8 rings (SSSR count). The molecule has 2 aromatic carbocycles. The summed E-state index contributed by atoms with van der Waals surface area (Å²) >= 11 is 0. The Morgan fingerprint density at radius 2 is 1.39 bits per heavy atom. The molecule has 0 spiro atoms. The maximum absolute atomic E-state index is 14.3. The first-order valence-electron chi connectivity index (χ1n) is 16.5. The minimum absolute atomic E-state index is 0.0419. The monoisotopic (exact) mass is 555 g/mol. The van der Waals surface area contributed by atoms with E-state index in [-0.39, 0.29) is 29.8 Å². The van der Waals surface area contributed by atoms with Gasteiger partial charge in [-0.15, -0.1) is 0 Å². The largest absolute Gasteiger partial charge is 0.460 e. The molecule has 4 aliphatic carbocycles. The van der Waals surface area contributed by atoms with Crippen molar-refractivity contribution < 1.29 is 24.4 Å². The third-order valence-corrected chi connectivity index (χ3v) is 12.2. The molecule has 41 heavy (non-hydrogen) atoms. The molecule has 0 saturated heterocycles. The van der Waals surface area contributed by atoms with Gasteiger partial charge in [0.15, 0.2) is 6.04 Å². The molecule has 6 nitrogen and oxygen atoms in total. The van der Waals surface area contributed by atoms with Crippen molar-refractivity contribution in [3.63, 3.8) is 0 Å². The third-order valence-electron chi connectivity index (χ3n) is 12.2. The van der Waals surface area contributed by atoms with Crippen LogP contribution >= 0.6 is 0 Å². The topological polar surface area (TPSA) is 80.8 Å². The van der Waals surface area contributed by atoms with Gasteiger partial charge in [-0.05, 0) is 87.0 Å². The Bertz CT molecular complexity index is 1490. The first-order chi connectivity index (χ1) is 20.0. The minimum Gasteiger partial charge on any atom is -0.460 e. The highest BCUT2D eigenvalue weighted by Gasteiger charge is 2.50. The van der Waals surface area contributed by atoms with E-state index >= 15 is 0 Å². The summed E-state index contributed by atoms with van der Waals surface area (Å²) in [6, 6.07) is 5.72. The van der Waals surface area contributed by atoms with Crippen molar-refractivity contribution in [3.05, 3.63) is 46.0 Å². The lowest BCUT2D eigenvalue weighted by Crippen LogP contribution is -2.53. The van der Waals surface area contributed by atoms with Crippen LogP contribution in [0.2, 0.25) is 0 Å². The number of carbonyl (C=O) groups excluding carboxylic acids is 2. The van der Waals surface area contributed by atoms with Gasteiger partial charge < -0.3 is 10.2 Å². The van der Waals surface area contributed by atoms with Gasteiger partial charge in [0.1, 0.15) is 0 Å². The molecule has 2 amide bonds. The van der Waals surface area contributed by atoms with Gasteiger partial charge in [-0.2, -0.15) is 4.58 Å². The van der Waals surface area contributed by atoms with Gasteiger partial charge in [0.05, 0.1) is 16.7 Å². The zero-order chi connectivity index (χ0) is 28.0. The first kappa shape index (κ1) is 25.9. The standard InChI is InChI=1S/C35H42N2O4/c1-19-18-26-30-24(32(38)36(34(26)40)27-14-6-10-20-8-2-4-12-22(20)27)16-17-25-31(30)29(19)35(41)37(33(25)39)28-15-7-11-21-9-3-5-13-23(21)28/h16-18,20-23,27-28,34,40H,2-15H2,1H3/p+1. The highest BCUT2D eigenvalue weighted by molar-refractivity contribution is 6.28. The van der Waals surface area contributed by atoms with Gasteiger partial charge in [-0.25, -0.2) is 0 Å². The fourth-order valence-corrected chi connectivity index (χ4v) is 10.4. The predicted octanol–water partition coefficient (Wildman–Crippen LogP) is 6.78. The molecule has 6 aliphatic rings. The molecular weight excluding hydrogens is 512 g/mol. The smallest absolute Gasteiger partial charge is 0.370 e. The molecule has 4 fully saturated rings. The Hall–Kier alpha value is -2.73. The molecule has 2 heterocycles. The number of rotatable bonds is 2. The van der Waals surface area contributed by atoms with Crippen LogP contribution in [0.1, 0.15) is 134 Å². The number of carbonyl (C=O) groups is 2. The average molecular weight is 556 g/mol. The maximum atomic E-state index is 14.3. The number of nitrogens with zero attached hydrogens (tertiary/aromatic N) is 2. The summed E-state index contributed by atoms with van der Waals surface area (Å²) in [7, 11) is 0. The molecule has 7 atom stereocenters. The summed E-state index contributed by atoms with van der Waals surface area (Å²) in [5.74, 6) is 1.85. The van der Waals surface area contributed by atoms with Gasteiger partial charge in [0, 0.05) is 34.7 Å². The van der Waals surface area contributed by atoms with Crippen molar-refractivity contribution in [2.45, 2.75) is 115 Å². The van der Waals surface area contributed by atoms with Crippen molar-refractivity contribution >= 4 is 28.5 Å². The van der Waals surface area contributed by atoms with E-state index in [4.69, 9.17) is 0 Å². The Labute approximate surface area is 242 Å². The highest BCUT2D eigenvalue weighted by Crippen LogP contribution is 2.48. The van der Waals surface area contributed by atoms with Gasteiger partial charge >= 0.3 is 5.90 Å². The molecule has 0 bridgehead atoms. The Morgan fingerprint density at radius 3 is 2.17 bits per heavy atom. The van der Waals surface area contributed by atoms with Crippen LogP contribution in [-0.4, -0.2) is 49.5 Å². The first-order valence-corrected chi connectivity index (χ1v) is 16.5. The van der Waals surface area contributed by atoms with E-state index in [0.717, 1.165) is 44.1 Å². The molecule has 6 heteroatoms. The average Bonchev–Trinajstić information content (AvgIpc) is 2.99. The van der Waals surface area contributed by atoms with Crippen LogP contribution in [0.4, 0.5) is 0 Å². The second-order valence-corrected chi connectivity index (χ2v) is 14.1. The van der Waals surface area contributed by atoms with Crippen LogP contribution in [0, 0.1) is 30.6 Å². The normalized spacial score (nSPS) is 35.0. The molecule has 0 aromatic heterocycles. The van der Waals surface area contributed by atoms with E-state index in [2.05, 4.69) is 0 Å². The molecule has 216 valence electrons. The summed E-state index contributed by atoms with van der Waals surface area (Å²) < 4.78 is 1.88. The second-order valence-electron chi connectivity index (χ2n) is 14.1. The van der Waals surface area contributed by atoms with Crippen LogP contribution in [0.3, 0.4) is 0 Å². The van der Waals surface area contributed by atoms with Crippen molar-refractivity contribution in [3.8, 4) is 0 Å². The zero-order valence-electron chi connectivity index (χ0n) is 24.3. The predicted molar refractivity (Wildman–Crippen MR) is 157 cm³/mol. The lowest BCUT2D eigenvalue weighted by atomic mass is 9.67. The van der Waals surface area contributed by atoms with Crippen molar-refractivity contribution in [1.82, 2.24) is 4.90 Å². The lowest BCUT2D eigenvalue weighted by molar-refractivity contribution is -0.663. The van der Waals surface area contributed by atoms with Crippen molar-refractivity contribution in [1.29, 1.82) is 0 Å². The molecule has 2 aromatic rings. The Balaban J connectivity index is 1.26. The molecular formula is C35H43N2O4+. The van der Waals surface area contributed by atoms with Crippen LogP contribution < -0.4 is 0 Å². The summed E-state index contributed by atoms with van der Waals surface area (Å²) in [6.07, 6.45) is 15.1. The van der Waals surface area contributed by atoms with Gasteiger partial charge in [0.25, 0.3) is 18.0 Å². The van der Waals surface area contributed by atoms with Crippen LogP contribution in [0.5, 0.6) is 0 Å². The third kappa shape index (κ3) is 3.68. The lowest BCUT2D eigenvalue weighted by Gasteiger charge is -2.46. The number of aryl methyl sites for hydroxylation is 1. The minimum atomic E-state index is -0.999. The SMILES string of the molecule is Cc1cc2c3c(ccc4c3c1C(=O)N(C1CCCC3CCCCC31)C4=O)C(O)=[N+](C1CCCC3CCCCC31)C2O. The number of aliphatic hydroxyl groups is 2. The molecule has 2 aliphatic heterocycles. The molecule has 0 radical (unpaired) electrons. The molecule has 4 saturated carbocycles. The Morgan fingerprint density at radius 1 is 0.756 bits per heavy atom. The van der Waals surface area contributed by atoms with Gasteiger partial charge in [0.2, 0.25) is 0 Å². The fourth-order valence-electron chi connectivity index (χ4n) is 10.4. The van der Waals surface area contributed by atoms with E-state index < -0.39 is 6.23 Å². The number of aliphatic hydroxyl groups excluding tert-OH is 2. The number of amides is 2. The zero-order valence-corrected chi connectivity index (χ0v) is 24.3. The summed E-state index contributed by atoms with van der Waals surface area (Å²) in [5, 5.41) is 25.0. The van der Waals surface area contributed by atoms with E-state index in [1.807, 2.05) is 29.7 Å². The van der Waals surface area contributed by atoms with Crippen LogP contribution in [-0.2, 0) is 0 Å². The maximum Gasteiger partial charge on any atom is 0.370 e. The van der Waals surface area contributed by atoms with E-state index in [0.29, 0.717) is 56.7 Å². The highest BCUT2D eigenvalue weighted by atomic mass is 16.3. The summed E-state index contributed by atoms with van der Waals surface area (Å²) in [6.45, 7) is 1.95. The van der Waals surface area contributed by atoms with Gasteiger partial charge in [-0.1, -0.05) is 44.9 Å². The van der Waals surface area contributed by atoms with Crippen molar-refractivity contribution in [2.75, 3.05) is 0 Å². The Kier molecular flexibility index (Phi) is 6.11. The van der Waals surface area contributed by atoms with Crippen LogP contribution in [0.15, 0.2) is 18.2 Å². The molecule has 7 unspecified atom stereocenters. The number of benzene rings is 2. The van der Waals surface area contributed by atoms with Gasteiger partial charge in [-0.3, -0.25) is 14.5 Å². The quantitative estimate of drug-likeness (QED) is 0.316. The van der Waals surface area contributed by atoms with E-state index in [1.165, 1.54) is 51.4 Å². The van der Waals surface area contributed by atoms with Crippen LogP contribution in [0.25, 0.3) is 10.8 Å². The van der Waals surface area contributed by atoms with E-state index in [9.17, 15) is 19.8 Å². The number of imide groups is 1. The fraction of sp³-hybridized carbons (Fsp3) is 0.629. The van der Waals surface area contributed by atoms with Crippen molar-refractivity contribution in [2.24, 2.45) is 23.7 Å². The number of hydrogen-bond acceptors (Lipinski definition) is 3. The van der Waals surface area contributed by atoms with E-state index in [1.54, 1.807) is 4.90 Å². The number of hydrogen-bond donors (Lipinski definition) is 2.